The van der Waals surface area contributed by atoms with Gasteiger partial charge in [0, 0.05) is 22.3 Å². The van der Waals surface area contributed by atoms with E-state index in [0.29, 0.717) is 35.7 Å². The fraction of sp³-hybridized carbons (Fsp3) is 0.222. The van der Waals surface area contributed by atoms with Gasteiger partial charge in [0.05, 0.1) is 12.2 Å². The Morgan fingerprint density at radius 3 is 2.38 bits per heavy atom. The summed E-state index contributed by atoms with van der Waals surface area (Å²) in [5, 5.41) is 5.54. The molecule has 2 aromatic carbocycles. The highest BCUT2D eigenvalue weighted by Gasteiger charge is 2.14. The molecule has 0 aliphatic heterocycles. The number of nitrogens with one attached hydrogen (secondary N) is 2. The smallest absolute Gasteiger partial charge is 0.259 e. The second-order valence-corrected chi connectivity index (χ2v) is 5.88. The molecule has 2 N–H and O–H groups in total. The summed E-state index contributed by atoms with van der Waals surface area (Å²) >= 11 is 3.36. The van der Waals surface area contributed by atoms with Crippen LogP contribution in [0.25, 0.3) is 0 Å². The molecule has 6 heteroatoms. The average molecular weight is 391 g/mol. The van der Waals surface area contributed by atoms with Crippen LogP contribution in [0.1, 0.15) is 34.6 Å². The Balaban J connectivity index is 2.15. The number of amides is 2. The monoisotopic (exact) mass is 390 g/mol. The van der Waals surface area contributed by atoms with E-state index in [1.165, 1.54) is 0 Å². The van der Waals surface area contributed by atoms with Crippen molar-refractivity contribution in [3.05, 3.63) is 58.1 Å². The number of anilines is 1. The molecule has 0 spiro atoms. The average Bonchev–Trinajstić information content (AvgIpc) is 2.57. The molecule has 0 aliphatic rings. The van der Waals surface area contributed by atoms with Crippen LogP contribution >= 0.6 is 15.9 Å². The molecule has 2 rings (SSSR count). The van der Waals surface area contributed by atoms with E-state index in [-0.39, 0.29) is 11.8 Å². The number of rotatable bonds is 6. The van der Waals surface area contributed by atoms with Gasteiger partial charge in [0.1, 0.15) is 5.75 Å². The molecular weight excluding hydrogens is 372 g/mol. The summed E-state index contributed by atoms with van der Waals surface area (Å²) in [6.45, 7) is 4.77. The summed E-state index contributed by atoms with van der Waals surface area (Å²) in [6, 6.07) is 12.0. The lowest BCUT2D eigenvalue weighted by atomic mass is 10.1. The number of ether oxygens (including phenoxy) is 1. The normalized spacial score (nSPS) is 10.1. The molecule has 5 nitrogen and oxygen atoms in total. The predicted molar refractivity (Wildman–Crippen MR) is 97.7 cm³/mol. The minimum absolute atomic E-state index is 0.138. The number of hydrogen-bond acceptors (Lipinski definition) is 3. The molecule has 0 aromatic heterocycles. The van der Waals surface area contributed by atoms with E-state index in [1.54, 1.807) is 36.4 Å². The second-order valence-electron chi connectivity index (χ2n) is 4.96. The van der Waals surface area contributed by atoms with Crippen LogP contribution in [0.5, 0.6) is 5.75 Å². The summed E-state index contributed by atoms with van der Waals surface area (Å²) < 4.78 is 6.29. The van der Waals surface area contributed by atoms with Crippen LogP contribution in [0.15, 0.2) is 46.9 Å². The highest BCUT2D eigenvalue weighted by molar-refractivity contribution is 9.10. The molecule has 0 aliphatic carbocycles. The third kappa shape index (κ3) is 4.58. The molecule has 0 bridgehead atoms. The predicted octanol–water partition coefficient (Wildman–Crippen LogP) is 3.85. The van der Waals surface area contributed by atoms with Crippen LogP contribution < -0.4 is 15.4 Å². The highest BCUT2D eigenvalue weighted by atomic mass is 79.9. The number of halogens is 1. The topological polar surface area (TPSA) is 67.4 Å². The molecule has 2 amide bonds. The number of hydrogen-bond donors (Lipinski definition) is 2. The van der Waals surface area contributed by atoms with Crippen LogP contribution in [0.4, 0.5) is 5.69 Å². The van der Waals surface area contributed by atoms with Crippen LogP contribution in [0.2, 0.25) is 0 Å². The van der Waals surface area contributed by atoms with Gasteiger partial charge in [-0.3, -0.25) is 9.59 Å². The summed E-state index contributed by atoms with van der Waals surface area (Å²) in [5.41, 5.74) is 1.60. The van der Waals surface area contributed by atoms with E-state index < -0.39 is 0 Å². The van der Waals surface area contributed by atoms with Gasteiger partial charge >= 0.3 is 0 Å². The van der Waals surface area contributed by atoms with E-state index in [9.17, 15) is 9.59 Å². The fourth-order valence-corrected chi connectivity index (χ4v) is 2.49. The lowest BCUT2D eigenvalue weighted by Gasteiger charge is -2.11. The number of benzene rings is 2. The van der Waals surface area contributed by atoms with Crippen molar-refractivity contribution in [2.75, 3.05) is 18.5 Å². The third-order valence-corrected chi connectivity index (χ3v) is 3.72. The second kappa shape index (κ2) is 8.49. The molecule has 0 atom stereocenters. The van der Waals surface area contributed by atoms with E-state index in [0.717, 1.165) is 4.47 Å². The van der Waals surface area contributed by atoms with E-state index >= 15 is 0 Å². The Morgan fingerprint density at radius 2 is 1.75 bits per heavy atom. The van der Waals surface area contributed by atoms with Crippen molar-refractivity contribution < 1.29 is 14.3 Å². The van der Waals surface area contributed by atoms with E-state index in [2.05, 4.69) is 26.6 Å². The summed E-state index contributed by atoms with van der Waals surface area (Å²) in [6.07, 6.45) is 0. The zero-order chi connectivity index (χ0) is 17.5. The standard InChI is InChI=1S/C18H19BrN2O3/c1-3-20-17(22)12-5-8-14(9-6-12)21-18(23)15-11-13(19)7-10-16(15)24-4-2/h5-11H,3-4H2,1-2H3,(H,20,22)(H,21,23). The Hall–Kier alpha value is -2.34. The van der Waals surface area contributed by atoms with Gasteiger partial charge in [-0.05, 0) is 56.3 Å². The number of carbonyl (C=O) groups is 2. The molecule has 0 fully saturated rings. The van der Waals surface area contributed by atoms with Gasteiger partial charge in [0.2, 0.25) is 0 Å². The highest BCUT2D eigenvalue weighted by Crippen LogP contribution is 2.24. The first kappa shape index (κ1) is 18.0. The molecule has 0 unspecified atom stereocenters. The minimum Gasteiger partial charge on any atom is -0.493 e. The maximum absolute atomic E-state index is 12.5. The Morgan fingerprint density at radius 1 is 1.04 bits per heavy atom. The first-order chi connectivity index (χ1) is 11.5. The largest absolute Gasteiger partial charge is 0.493 e. The zero-order valence-electron chi connectivity index (χ0n) is 13.6. The SMILES string of the molecule is CCNC(=O)c1ccc(NC(=O)c2cc(Br)ccc2OCC)cc1. The zero-order valence-corrected chi connectivity index (χ0v) is 15.1. The third-order valence-electron chi connectivity index (χ3n) is 3.23. The lowest BCUT2D eigenvalue weighted by molar-refractivity contribution is 0.0955. The summed E-state index contributed by atoms with van der Waals surface area (Å²) in [7, 11) is 0. The molecule has 2 aromatic rings. The summed E-state index contributed by atoms with van der Waals surface area (Å²) in [4.78, 5) is 24.2. The number of carbonyl (C=O) groups excluding carboxylic acids is 2. The Kier molecular flexibility index (Phi) is 6.37. The Labute approximate surface area is 149 Å². The molecule has 0 heterocycles. The van der Waals surface area contributed by atoms with Crippen LogP contribution in [-0.2, 0) is 0 Å². The van der Waals surface area contributed by atoms with Crippen LogP contribution in [0, 0.1) is 0 Å². The maximum atomic E-state index is 12.5. The van der Waals surface area contributed by atoms with Crippen molar-refractivity contribution in [3.8, 4) is 5.75 Å². The van der Waals surface area contributed by atoms with Gasteiger partial charge in [-0.1, -0.05) is 15.9 Å². The van der Waals surface area contributed by atoms with Gasteiger partial charge in [0.15, 0.2) is 0 Å². The minimum atomic E-state index is -0.273. The Bertz CT molecular complexity index is 730. The van der Waals surface area contributed by atoms with Crippen LogP contribution in [-0.4, -0.2) is 25.0 Å². The molecule has 24 heavy (non-hydrogen) atoms. The molecule has 126 valence electrons. The van der Waals surface area contributed by atoms with Crippen molar-refractivity contribution in [1.29, 1.82) is 0 Å². The molecule has 0 saturated heterocycles. The van der Waals surface area contributed by atoms with Gasteiger partial charge in [-0.15, -0.1) is 0 Å². The molecule has 0 radical (unpaired) electrons. The molecular formula is C18H19BrN2O3. The van der Waals surface area contributed by atoms with Gasteiger partial charge in [0.25, 0.3) is 11.8 Å². The fourth-order valence-electron chi connectivity index (χ4n) is 2.13. The van der Waals surface area contributed by atoms with E-state index in [1.807, 2.05) is 19.9 Å². The van der Waals surface area contributed by atoms with Crippen molar-refractivity contribution in [3.63, 3.8) is 0 Å². The first-order valence-corrected chi connectivity index (χ1v) is 8.46. The molecule has 0 saturated carbocycles. The van der Waals surface area contributed by atoms with E-state index in [4.69, 9.17) is 4.74 Å². The van der Waals surface area contributed by atoms with Gasteiger partial charge in [-0.25, -0.2) is 0 Å². The quantitative estimate of drug-likeness (QED) is 0.786. The van der Waals surface area contributed by atoms with Gasteiger partial charge < -0.3 is 15.4 Å². The lowest BCUT2D eigenvalue weighted by Crippen LogP contribution is -2.22. The summed E-state index contributed by atoms with van der Waals surface area (Å²) in [5.74, 6) is 0.114. The van der Waals surface area contributed by atoms with Crippen LogP contribution in [0.3, 0.4) is 0 Å². The van der Waals surface area contributed by atoms with Crippen molar-refractivity contribution in [2.45, 2.75) is 13.8 Å². The van der Waals surface area contributed by atoms with Crippen molar-refractivity contribution >= 4 is 33.4 Å². The van der Waals surface area contributed by atoms with Gasteiger partial charge in [-0.2, -0.15) is 0 Å². The van der Waals surface area contributed by atoms with Crippen molar-refractivity contribution in [2.24, 2.45) is 0 Å². The maximum Gasteiger partial charge on any atom is 0.259 e. The van der Waals surface area contributed by atoms with Crippen molar-refractivity contribution in [1.82, 2.24) is 5.32 Å². The first-order valence-electron chi connectivity index (χ1n) is 7.67.